The Balaban J connectivity index is 2.55. The first kappa shape index (κ1) is 8.83. The molecule has 0 spiro atoms. The number of ether oxygens (including phenoxy) is 1. The molecule has 0 radical (unpaired) electrons. The molecule has 1 unspecified atom stereocenters. The van der Waals surface area contributed by atoms with Gasteiger partial charge in [0.15, 0.2) is 0 Å². The molecule has 14 heavy (non-hydrogen) atoms. The van der Waals surface area contributed by atoms with E-state index >= 15 is 0 Å². The Morgan fingerprint density at radius 1 is 1.57 bits per heavy atom. The van der Waals surface area contributed by atoms with Crippen LogP contribution in [0.3, 0.4) is 0 Å². The second-order valence-corrected chi connectivity index (χ2v) is 3.19. The Morgan fingerprint density at radius 3 is 2.93 bits per heavy atom. The van der Waals surface area contributed by atoms with Gasteiger partial charge in [0.05, 0.1) is 0 Å². The molecule has 5 heteroatoms. The van der Waals surface area contributed by atoms with Crippen molar-refractivity contribution in [1.82, 2.24) is 0 Å². The number of nitrogens with two attached hydrogens (primary N) is 1. The van der Waals surface area contributed by atoms with Crippen LogP contribution in [0, 0.1) is 0 Å². The second kappa shape index (κ2) is 2.62. The number of rotatable bonds is 1. The van der Waals surface area contributed by atoms with Gasteiger partial charge in [-0.3, -0.25) is 4.79 Å². The molecule has 1 heterocycles. The van der Waals surface area contributed by atoms with Gasteiger partial charge in [-0.25, -0.2) is 0 Å². The monoisotopic (exact) mass is 195 g/mol. The van der Waals surface area contributed by atoms with E-state index in [0.29, 0.717) is 5.56 Å². The quantitative estimate of drug-likeness (QED) is 0.561. The minimum atomic E-state index is -1.77. The molecule has 1 aliphatic heterocycles. The first-order valence-electron chi connectivity index (χ1n) is 4.02. The number of carbonyl (C=O) groups excluding carboxylic acids is 1. The number of aromatic hydroxyl groups is 1. The molecule has 1 aliphatic rings. The van der Waals surface area contributed by atoms with Crippen LogP contribution in [0.25, 0.3) is 0 Å². The summed E-state index contributed by atoms with van der Waals surface area (Å²) in [7, 11) is 0. The molecule has 0 saturated heterocycles. The summed E-state index contributed by atoms with van der Waals surface area (Å²) in [6.07, 6.45) is 0. The molecule has 0 saturated carbocycles. The summed E-state index contributed by atoms with van der Waals surface area (Å²) in [6, 6.07) is 4.11. The van der Waals surface area contributed by atoms with Crippen LogP contribution in [0.1, 0.15) is 5.56 Å². The van der Waals surface area contributed by atoms with E-state index in [1.807, 2.05) is 0 Å². The maximum atomic E-state index is 11.0. The minimum Gasteiger partial charge on any atom is -0.508 e. The van der Waals surface area contributed by atoms with E-state index in [-0.39, 0.29) is 18.1 Å². The number of amides is 1. The summed E-state index contributed by atoms with van der Waals surface area (Å²) in [6.45, 7) is -0.207. The number of fused-ring (bicyclic) bond motifs is 1. The summed E-state index contributed by atoms with van der Waals surface area (Å²) in [4.78, 5) is 11.0. The van der Waals surface area contributed by atoms with Crippen molar-refractivity contribution in [3.63, 3.8) is 0 Å². The highest BCUT2D eigenvalue weighted by molar-refractivity contribution is 5.86. The van der Waals surface area contributed by atoms with Crippen molar-refractivity contribution in [2.45, 2.75) is 5.60 Å². The van der Waals surface area contributed by atoms with Crippen molar-refractivity contribution in [3.8, 4) is 11.5 Å². The van der Waals surface area contributed by atoms with E-state index in [1.165, 1.54) is 18.2 Å². The summed E-state index contributed by atoms with van der Waals surface area (Å²) in [5, 5.41) is 19.0. The van der Waals surface area contributed by atoms with Gasteiger partial charge < -0.3 is 20.7 Å². The molecule has 74 valence electrons. The van der Waals surface area contributed by atoms with Crippen LogP contribution in [0.5, 0.6) is 11.5 Å². The van der Waals surface area contributed by atoms with Gasteiger partial charge in [-0.05, 0) is 12.1 Å². The van der Waals surface area contributed by atoms with Crippen molar-refractivity contribution >= 4 is 5.91 Å². The second-order valence-electron chi connectivity index (χ2n) is 3.19. The number of hydrogen-bond donors (Lipinski definition) is 3. The van der Waals surface area contributed by atoms with Crippen molar-refractivity contribution in [2.75, 3.05) is 6.61 Å². The van der Waals surface area contributed by atoms with E-state index in [2.05, 4.69) is 0 Å². The number of benzene rings is 1. The van der Waals surface area contributed by atoms with Crippen LogP contribution in [0.15, 0.2) is 18.2 Å². The third kappa shape index (κ3) is 1.03. The molecule has 1 amide bonds. The molecular weight excluding hydrogens is 186 g/mol. The Morgan fingerprint density at radius 2 is 2.29 bits per heavy atom. The molecular formula is C9H9NO4. The molecule has 0 bridgehead atoms. The molecule has 5 nitrogen and oxygen atoms in total. The number of primary amides is 1. The molecule has 4 N–H and O–H groups in total. The average molecular weight is 195 g/mol. The van der Waals surface area contributed by atoms with Gasteiger partial charge in [0.2, 0.25) is 5.60 Å². The van der Waals surface area contributed by atoms with Gasteiger partial charge in [-0.1, -0.05) is 0 Å². The number of phenolic OH excluding ortho intramolecular Hbond substituents is 1. The summed E-state index contributed by atoms with van der Waals surface area (Å²) in [5.74, 6) is -0.564. The zero-order valence-corrected chi connectivity index (χ0v) is 7.23. The Hall–Kier alpha value is -1.75. The predicted octanol–water partition coefficient (Wildman–Crippen LogP) is -0.543. The molecule has 0 aliphatic carbocycles. The van der Waals surface area contributed by atoms with Gasteiger partial charge in [0, 0.05) is 11.6 Å². The average Bonchev–Trinajstić information content (AvgIpc) is 2.45. The van der Waals surface area contributed by atoms with Gasteiger partial charge in [-0.15, -0.1) is 0 Å². The van der Waals surface area contributed by atoms with Crippen LogP contribution in [-0.2, 0) is 10.4 Å². The highest BCUT2D eigenvalue weighted by Gasteiger charge is 2.44. The normalized spacial score (nSPS) is 24.1. The number of carbonyl (C=O) groups is 1. The van der Waals surface area contributed by atoms with Crippen LogP contribution in [0.2, 0.25) is 0 Å². The number of phenols is 1. The van der Waals surface area contributed by atoms with Crippen LogP contribution < -0.4 is 10.5 Å². The maximum absolute atomic E-state index is 11.0. The Kier molecular flexibility index (Phi) is 1.65. The van der Waals surface area contributed by atoms with E-state index in [0.717, 1.165) is 0 Å². The third-order valence-electron chi connectivity index (χ3n) is 2.25. The molecule has 1 aromatic carbocycles. The first-order chi connectivity index (χ1) is 6.54. The SMILES string of the molecule is NC(=O)C1(O)COc2cc(O)ccc21. The van der Waals surface area contributed by atoms with Crippen LogP contribution in [0.4, 0.5) is 0 Å². The fourth-order valence-corrected chi connectivity index (χ4v) is 1.44. The zero-order valence-electron chi connectivity index (χ0n) is 7.23. The van der Waals surface area contributed by atoms with Crippen LogP contribution >= 0.6 is 0 Å². The maximum Gasteiger partial charge on any atom is 0.257 e. The van der Waals surface area contributed by atoms with Crippen molar-refractivity contribution in [1.29, 1.82) is 0 Å². The summed E-state index contributed by atoms with van der Waals surface area (Å²) < 4.78 is 5.05. The van der Waals surface area contributed by atoms with Gasteiger partial charge in [0.1, 0.15) is 18.1 Å². The molecule has 0 aromatic heterocycles. The highest BCUT2D eigenvalue weighted by Crippen LogP contribution is 2.38. The topological polar surface area (TPSA) is 92.8 Å². The summed E-state index contributed by atoms with van der Waals surface area (Å²) in [5.41, 5.74) is 3.57. The fourth-order valence-electron chi connectivity index (χ4n) is 1.44. The van der Waals surface area contributed by atoms with Gasteiger partial charge >= 0.3 is 0 Å². The van der Waals surface area contributed by atoms with Gasteiger partial charge in [0.25, 0.3) is 5.91 Å². The predicted molar refractivity (Wildman–Crippen MR) is 46.7 cm³/mol. The van der Waals surface area contributed by atoms with E-state index in [1.54, 1.807) is 0 Å². The lowest BCUT2D eigenvalue weighted by Crippen LogP contribution is -2.42. The lowest BCUT2D eigenvalue weighted by atomic mass is 9.95. The third-order valence-corrected chi connectivity index (χ3v) is 2.25. The molecule has 1 atom stereocenters. The molecule has 1 aromatic rings. The zero-order chi connectivity index (χ0) is 10.3. The van der Waals surface area contributed by atoms with Crippen molar-refractivity contribution in [3.05, 3.63) is 23.8 Å². The largest absolute Gasteiger partial charge is 0.508 e. The minimum absolute atomic E-state index is 0.0115. The van der Waals surface area contributed by atoms with Gasteiger partial charge in [-0.2, -0.15) is 0 Å². The Bertz CT molecular complexity index is 404. The number of aliphatic hydroxyl groups is 1. The van der Waals surface area contributed by atoms with E-state index < -0.39 is 11.5 Å². The van der Waals surface area contributed by atoms with E-state index in [4.69, 9.17) is 15.6 Å². The summed E-state index contributed by atoms with van der Waals surface area (Å²) >= 11 is 0. The fraction of sp³-hybridized carbons (Fsp3) is 0.222. The highest BCUT2D eigenvalue weighted by atomic mass is 16.5. The first-order valence-corrected chi connectivity index (χ1v) is 4.02. The van der Waals surface area contributed by atoms with Crippen molar-refractivity contribution in [2.24, 2.45) is 5.73 Å². The lowest BCUT2D eigenvalue weighted by molar-refractivity contribution is -0.138. The number of hydrogen-bond acceptors (Lipinski definition) is 4. The van der Waals surface area contributed by atoms with E-state index in [9.17, 15) is 9.90 Å². The Labute approximate surface area is 79.7 Å². The smallest absolute Gasteiger partial charge is 0.257 e. The van der Waals surface area contributed by atoms with Crippen LogP contribution in [-0.4, -0.2) is 22.7 Å². The molecule has 2 rings (SSSR count). The molecule has 0 fully saturated rings. The lowest BCUT2D eigenvalue weighted by Gasteiger charge is -2.15. The van der Waals surface area contributed by atoms with Crippen molar-refractivity contribution < 1.29 is 19.7 Å². The standard InChI is InChI=1S/C9H9NO4/c10-8(12)9(13)4-14-7-3-5(11)1-2-6(7)9/h1-3,11,13H,4H2,(H2,10,12).